The van der Waals surface area contributed by atoms with E-state index in [0.29, 0.717) is 12.1 Å². The molecule has 2 aliphatic heterocycles. The summed E-state index contributed by atoms with van der Waals surface area (Å²) in [6, 6.07) is 2.66. The summed E-state index contributed by atoms with van der Waals surface area (Å²) in [5, 5.41) is 13.7. The van der Waals surface area contributed by atoms with Crippen LogP contribution >= 0.6 is 0 Å². The van der Waals surface area contributed by atoms with E-state index in [1.807, 2.05) is 0 Å². The molecule has 0 aromatic rings. The third kappa shape index (κ3) is 2.13. The Hall–Kier alpha value is -0.120. The van der Waals surface area contributed by atoms with Crippen LogP contribution in [0.2, 0.25) is 0 Å². The van der Waals surface area contributed by atoms with Crippen molar-refractivity contribution in [2.75, 3.05) is 7.05 Å². The normalized spacial score (nSPS) is 47.3. The number of nitrogens with zero attached hydrogens (tertiary/aromatic N) is 1. The van der Waals surface area contributed by atoms with Crippen LogP contribution in [-0.4, -0.2) is 47.3 Å². The van der Waals surface area contributed by atoms with Crippen LogP contribution in [0.4, 0.5) is 0 Å². The molecule has 0 amide bonds. The lowest BCUT2D eigenvalue weighted by molar-refractivity contribution is -0.0247. The molecule has 17 heavy (non-hydrogen) atoms. The van der Waals surface area contributed by atoms with E-state index in [4.69, 9.17) is 0 Å². The molecule has 0 aromatic heterocycles. The Morgan fingerprint density at radius 1 is 1.00 bits per heavy atom. The fourth-order valence-corrected chi connectivity index (χ4v) is 4.43. The molecule has 98 valence electrons. The zero-order valence-corrected chi connectivity index (χ0v) is 10.9. The number of aliphatic hydroxyl groups is 1. The van der Waals surface area contributed by atoms with E-state index in [0.717, 1.165) is 18.5 Å². The summed E-state index contributed by atoms with van der Waals surface area (Å²) in [7, 11) is 2.09. The Morgan fingerprint density at radius 2 is 1.65 bits per heavy atom. The van der Waals surface area contributed by atoms with Crippen molar-refractivity contribution in [3.8, 4) is 0 Å². The second kappa shape index (κ2) is 4.87. The average molecular weight is 238 g/mol. The van der Waals surface area contributed by atoms with E-state index < -0.39 is 0 Å². The van der Waals surface area contributed by atoms with Gasteiger partial charge in [0, 0.05) is 24.2 Å². The average Bonchev–Trinajstić information content (AvgIpc) is 2.60. The Labute approximate surface area is 105 Å². The Bertz CT molecular complexity index is 257. The van der Waals surface area contributed by atoms with Gasteiger partial charge in [-0.2, -0.15) is 0 Å². The van der Waals surface area contributed by atoms with Gasteiger partial charge in [0.2, 0.25) is 0 Å². The molecule has 2 N–H and O–H groups in total. The number of hydrogen-bond donors (Lipinski definition) is 2. The molecule has 4 unspecified atom stereocenters. The minimum Gasteiger partial charge on any atom is -0.391 e. The fourth-order valence-electron chi connectivity index (χ4n) is 4.43. The molecule has 3 fully saturated rings. The third-order valence-corrected chi connectivity index (χ3v) is 5.27. The molecule has 3 rings (SSSR count). The predicted octanol–water partition coefficient (Wildman–Crippen LogP) is 1.50. The molecule has 2 heterocycles. The van der Waals surface area contributed by atoms with Crippen LogP contribution in [-0.2, 0) is 0 Å². The van der Waals surface area contributed by atoms with Crippen LogP contribution < -0.4 is 5.32 Å². The molecule has 2 saturated heterocycles. The minimum absolute atomic E-state index is 0.0574. The predicted molar refractivity (Wildman–Crippen MR) is 69.0 cm³/mol. The summed E-state index contributed by atoms with van der Waals surface area (Å²) >= 11 is 0. The number of fused-ring (bicyclic) bond motifs is 2. The molecule has 0 aromatic carbocycles. The molecule has 3 nitrogen and oxygen atoms in total. The van der Waals surface area contributed by atoms with Gasteiger partial charge >= 0.3 is 0 Å². The molecular formula is C14H26N2O. The highest BCUT2D eigenvalue weighted by atomic mass is 16.3. The van der Waals surface area contributed by atoms with Crippen molar-refractivity contribution in [2.45, 2.75) is 81.6 Å². The Kier molecular flexibility index (Phi) is 3.42. The van der Waals surface area contributed by atoms with Gasteiger partial charge in [-0.15, -0.1) is 0 Å². The van der Waals surface area contributed by atoms with Crippen LogP contribution in [0.25, 0.3) is 0 Å². The maximum absolute atomic E-state index is 10.3. The van der Waals surface area contributed by atoms with E-state index in [-0.39, 0.29) is 6.10 Å². The number of nitrogens with one attached hydrogen (secondary N) is 1. The first-order chi connectivity index (χ1) is 8.29. The van der Waals surface area contributed by atoms with Crippen LogP contribution in [0.15, 0.2) is 0 Å². The number of rotatable bonds is 2. The van der Waals surface area contributed by atoms with E-state index >= 15 is 0 Å². The van der Waals surface area contributed by atoms with Gasteiger partial charge in [-0.05, 0) is 45.6 Å². The first-order valence-corrected chi connectivity index (χ1v) is 7.42. The largest absolute Gasteiger partial charge is 0.391 e. The smallest absolute Gasteiger partial charge is 0.0695 e. The van der Waals surface area contributed by atoms with E-state index in [2.05, 4.69) is 17.3 Å². The molecule has 2 bridgehead atoms. The van der Waals surface area contributed by atoms with Gasteiger partial charge in [0.05, 0.1) is 6.10 Å². The summed E-state index contributed by atoms with van der Waals surface area (Å²) in [6.45, 7) is 0. The van der Waals surface area contributed by atoms with Gasteiger partial charge in [-0.3, -0.25) is 4.90 Å². The Morgan fingerprint density at radius 3 is 2.24 bits per heavy atom. The highest BCUT2D eigenvalue weighted by Gasteiger charge is 2.45. The molecule has 4 atom stereocenters. The zero-order chi connectivity index (χ0) is 11.8. The van der Waals surface area contributed by atoms with Crippen molar-refractivity contribution in [1.82, 2.24) is 10.2 Å². The number of piperidine rings is 1. The van der Waals surface area contributed by atoms with Crippen LogP contribution in [0, 0.1) is 0 Å². The van der Waals surface area contributed by atoms with Gasteiger partial charge in [0.1, 0.15) is 0 Å². The number of aliphatic hydroxyl groups excluding tert-OH is 1. The maximum Gasteiger partial charge on any atom is 0.0695 e. The molecule has 1 saturated carbocycles. The monoisotopic (exact) mass is 238 g/mol. The lowest BCUT2D eigenvalue weighted by Gasteiger charge is -2.46. The van der Waals surface area contributed by atoms with Gasteiger partial charge < -0.3 is 10.4 Å². The topological polar surface area (TPSA) is 35.5 Å². The van der Waals surface area contributed by atoms with Crippen LogP contribution in [0.3, 0.4) is 0 Å². The highest BCUT2D eigenvalue weighted by molar-refractivity contribution is 5.01. The quantitative estimate of drug-likeness (QED) is 0.765. The van der Waals surface area contributed by atoms with Gasteiger partial charge in [-0.25, -0.2) is 0 Å². The van der Waals surface area contributed by atoms with Crippen molar-refractivity contribution in [3.63, 3.8) is 0 Å². The first kappa shape index (κ1) is 11.9. The summed E-state index contributed by atoms with van der Waals surface area (Å²) in [5.74, 6) is 0. The standard InChI is InChI=1S/C14H26N2O/c1-15-10-8-11-6-7-12(9-10)16(11)13-4-2-3-5-14(13)17/h10-15,17H,2-9H2,1H3. The van der Waals surface area contributed by atoms with E-state index in [1.54, 1.807) is 0 Å². The van der Waals surface area contributed by atoms with Crippen molar-refractivity contribution >= 4 is 0 Å². The molecular weight excluding hydrogens is 212 g/mol. The first-order valence-electron chi connectivity index (χ1n) is 7.42. The van der Waals surface area contributed by atoms with Crippen molar-refractivity contribution < 1.29 is 5.11 Å². The second-order valence-corrected chi connectivity index (χ2v) is 6.21. The van der Waals surface area contributed by atoms with Crippen LogP contribution in [0.5, 0.6) is 0 Å². The fraction of sp³-hybridized carbons (Fsp3) is 1.00. The van der Waals surface area contributed by atoms with Crippen molar-refractivity contribution in [1.29, 1.82) is 0 Å². The minimum atomic E-state index is -0.0574. The molecule has 0 radical (unpaired) electrons. The van der Waals surface area contributed by atoms with Crippen molar-refractivity contribution in [3.05, 3.63) is 0 Å². The van der Waals surface area contributed by atoms with Gasteiger partial charge in [0.25, 0.3) is 0 Å². The summed E-state index contributed by atoms with van der Waals surface area (Å²) in [4.78, 5) is 2.71. The van der Waals surface area contributed by atoms with Crippen LogP contribution in [0.1, 0.15) is 51.4 Å². The maximum atomic E-state index is 10.3. The third-order valence-electron chi connectivity index (χ3n) is 5.27. The van der Waals surface area contributed by atoms with Gasteiger partial charge in [-0.1, -0.05) is 12.8 Å². The SMILES string of the molecule is CNC1CC2CCC(C1)N2C1CCCCC1O. The van der Waals surface area contributed by atoms with Gasteiger partial charge in [0.15, 0.2) is 0 Å². The number of hydrogen-bond acceptors (Lipinski definition) is 3. The second-order valence-electron chi connectivity index (χ2n) is 6.21. The molecule has 0 spiro atoms. The molecule has 3 aliphatic rings. The molecule has 3 heteroatoms. The van der Waals surface area contributed by atoms with Crippen molar-refractivity contribution in [2.24, 2.45) is 0 Å². The summed E-state index contributed by atoms with van der Waals surface area (Å²) in [5.41, 5.74) is 0. The summed E-state index contributed by atoms with van der Waals surface area (Å²) < 4.78 is 0. The molecule has 1 aliphatic carbocycles. The lowest BCUT2D eigenvalue weighted by atomic mass is 9.87. The highest BCUT2D eigenvalue weighted by Crippen LogP contribution is 2.40. The van der Waals surface area contributed by atoms with E-state index in [9.17, 15) is 5.11 Å². The lowest BCUT2D eigenvalue weighted by Crippen LogP contribution is -2.56. The van der Waals surface area contributed by atoms with E-state index in [1.165, 1.54) is 44.9 Å². The summed E-state index contributed by atoms with van der Waals surface area (Å²) in [6.07, 6.45) is 10.0. The zero-order valence-electron chi connectivity index (χ0n) is 10.9. The Balaban J connectivity index is 1.71.